The molecular formula is C18H27F5O2. The van der Waals surface area contributed by atoms with Gasteiger partial charge in [-0.1, -0.05) is 33.9 Å². The minimum absolute atomic E-state index is 0.0183. The Morgan fingerprint density at radius 1 is 1.00 bits per heavy atom. The summed E-state index contributed by atoms with van der Waals surface area (Å²) in [6, 6.07) is 0. The van der Waals surface area contributed by atoms with Crippen LogP contribution in [-0.4, -0.2) is 20.1 Å². The van der Waals surface area contributed by atoms with E-state index in [0.29, 0.717) is 0 Å². The van der Waals surface area contributed by atoms with Crippen LogP contribution in [0.2, 0.25) is 0 Å². The molecule has 0 aliphatic carbocycles. The Morgan fingerprint density at radius 3 is 1.60 bits per heavy atom. The maximum absolute atomic E-state index is 13.1. The molecule has 0 saturated heterocycles. The van der Waals surface area contributed by atoms with Gasteiger partial charge in [0.2, 0.25) is 11.7 Å². The molecule has 146 valence electrons. The molecule has 0 aromatic rings. The molecule has 0 aromatic heterocycles. The van der Waals surface area contributed by atoms with Crippen molar-refractivity contribution < 1.29 is 31.4 Å². The van der Waals surface area contributed by atoms with Gasteiger partial charge in [0.15, 0.2) is 11.5 Å². The van der Waals surface area contributed by atoms with Crippen molar-refractivity contribution in [1.82, 2.24) is 0 Å². The normalized spacial score (nSPS) is 15.2. The molecule has 0 spiro atoms. The fourth-order valence-corrected chi connectivity index (χ4v) is 1.20. The van der Waals surface area contributed by atoms with Gasteiger partial charge in [-0.15, -0.1) is 0 Å². The Morgan fingerprint density at radius 2 is 1.36 bits per heavy atom. The lowest BCUT2D eigenvalue weighted by Gasteiger charge is -2.18. The van der Waals surface area contributed by atoms with Crippen molar-refractivity contribution in [3.05, 3.63) is 48.2 Å². The van der Waals surface area contributed by atoms with Crippen molar-refractivity contribution in [2.24, 2.45) is 11.8 Å². The second kappa shape index (κ2) is 11.7. The van der Waals surface area contributed by atoms with E-state index >= 15 is 0 Å². The number of rotatable bonds is 8. The zero-order chi connectivity index (χ0) is 20.4. The van der Waals surface area contributed by atoms with Crippen molar-refractivity contribution >= 4 is 0 Å². The number of methoxy groups -OCH3 is 2. The van der Waals surface area contributed by atoms with Crippen molar-refractivity contribution in [2.45, 2.75) is 40.0 Å². The predicted molar refractivity (Wildman–Crippen MR) is 90.0 cm³/mol. The van der Waals surface area contributed by atoms with Crippen LogP contribution < -0.4 is 0 Å². The summed E-state index contributed by atoms with van der Waals surface area (Å²) in [4.78, 5) is 0. The molecule has 0 heterocycles. The first-order valence-corrected chi connectivity index (χ1v) is 7.60. The summed E-state index contributed by atoms with van der Waals surface area (Å²) in [5.41, 5.74) is 0. The van der Waals surface area contributed by atoms with Crippen LogP contribution in [-0.2, 0) is 9.47 Å². The first-order valence-electron chi connectivity index (χ1n) is 7.60. The first kappa shape index (κ1) is 25.5. The van der Waals surface area contributed by atoms with E-state index in [1.165, 1.54) is 27.2 Å². The lowest BCUT2D eigenvalue weighted by molar-refractivity contribution is -0.0256. The van der Waals surface area contributed by atoms with Crippen LogP contribution in [0.3, 0.4) is 0 Å². The van der Waals surface area contributed by atoms with E-state index in [1.807, 2.05) is 6.92 Å². The van der Waals surface area contributed by atoms with Gasteiger partial charge in [-0.2, -0.15) is 8.78 Å². The zero-order valence-corrected chi connectivity index (χ0v) is 15.6. The minimum Gasteiger partial charge on any atom is -0.494 e. The highest BCUT2D eigenvalue weighted by atomic mass is 19.3. The van der Waals surface area contributed by atoms with Gasteiger partial charge in [0.05, 0.1) is 20.1 Å². The number of hydrogen-bond donors (Lipinski definition) is 0. The summed E-state index contributed by atoms with van der Waals surface area (Å²) in [6.07, 6.45) is 2.04. The van der Waals surface area contributed by atoms with E-state index in [-0.39, 0.29) is 5.92 Å². The standard InChI is InChI=1S/C10H17F3.C8H10F2O2/c1-5-7(2)6-9(11)8(3)10(4,12)13;1-5(11-3)7(9)8(10)6(2)12-4/h6-8H,5H2,1-4H3;1-2H2,3-4H3/b9-6+;8-7-. The monoisotopic (exact) mass is 370 g/mol. The van der Waals surface area contributed by atoms with Crippen molar-refractivity contribution in [3.63, 3.8) is 0 Å². The summed E-state index contributed by atoms with van der Waals surface area (Å²) in [6.45, 7) is 11.9. The van der Waals surface area contributed by atoms with Crippen LogP contribution in [0.1, 0.15) is 34.1 Å². The quantitative estimate of drug-likeness (QED) is 0.271. The average Bonchev–Trinajstić information content (AvgIpc) is 2.57. The SMILES string of the molecule is C=C(OC)/C(F)=C(/F)C(=C)OC.CCC(C)/C=C(/F)C(C)C(C)(F)F. The van der Waals surface area contributed by atoms with E-state index < -0.39 is 40.8 Å². The Hall–Kier alpha value is -1.79. The van der Waals surface area contributed by atoms with E-state index in [9.17, 15) is 22.0 Å². The summed E-state index contributed by atoms with van der Waals surface area (Å²) in [7, 11) is 2.37. The molecule has 0 bridgehead atoms. The molecule has 2 unspecified atom stereocenters. The summed E-state index contributed by atoms with van der Waals surface area (Å²) in [5, 5.41) is 0. The predicted octanol–water partition coefficient (Wildman–Crippen LogP) is 6.63. The maximum Gasteiger partial charge on any atom is 0.254 e. The molecule has 0 saturated carbocycles. The molecule has 0 amide bonds. The fraction of sp³-hybridized carbons (Fsp3) is 0.556. The van der Waals surface area contributed by atoms with Crippen LogP contribution in [0.25, 0.3) is 0 Å². The van der Waals surface area contributed by atoms with Crippen LogP contribution in [0.15, 0.2) is 48.2 Å². The molecule has 0 N–H and O–H groups in total. The van der Waals surface area contributed by atoms with Gasteiger partial charge in [0.1, 0.15) is 5.83 Å². The van der Waals surface area contributed by atoms with Gasteiger partial charge in [-0.25, -0.2) is 13.2 Å². The van der Waals surface area contributed by atoms with Gasteiger partial charge in [-0.3, -0.25) is 0 Å². The van der Waals surface area contributed by atoms with Gasteiger partial charge >= 0.3 is 0 Å². The maximum atomic E-state index is 13.1. The van der Waals surface area contributed by atoms with E-state index in [0.717, 1.165) is 13.3 Å². The molecule has 0 fully saturated rings. The highest BCUT2D eigenvalue weighted by Crippen LogP contribution is 2.31. The van der Waals surface area contributed by atoms with Crippen molar-refractivity contribution in [1.29, 1.82) is 0 Å². The Kier molecular flexibility index (Phi) is 11.9. The third-order valence-electron chi connectivity index (χ3n) is 3.44. The van der Waals surface area contributed by atoms with Gasteiger partial charge in [0.25, 0.3) is 5.92 Å². The van der Waals surface area contributed by atoms with Crippen LogP contribution in [0.4, 0.5) is 22.0 Å². The lowest BCUT2D eigenvalue weighted by atomic mass is 9.99. The molecule has 0 aliphatic rings. The Balaban J connectivity index is 0. The Bertz CT molecular complexity index is 480. The van der Waals surface area contributed by atoms with Crippen LogP contribution >= 0.6 is 0 Å². The average molecular weight is 370 g/mol. The molecule has 7 heteroatoms. The minimum atomic E-state index is -2.98. The molecule has 0 aliphatic heterocycles. The van der Waals surface area contributed by atoms with Gasteiger partial charge in [-0.05, 0) is 18.4 Å². The smallest absolute Gasteiger partial charge is 0.254 e. The van der Waals surface area contributed by atoms with E-state index in [4.69, 9.17) is 0 Å². The first-order chi connectivity index (χ1) is 11.3. The number of halogens is 5. The van der Waals surface area contributed by atoms with Crippen molar-refractivity contribution in [2.75, 3.05) is 14.2 Å². The largest absolute Gasteiger partial charge is 0.494 e. The zero-order valence-electron chi connectivity index (χ0n) is 15.6. The third-order valence-corrected chi connectivity index (χ3v) is 3.44. The number of ether oxygens (including phenoxy) is 2. The fourth-order valence-electron chi connectivity index (χ4n) is 1.20. The van der Waals surface area contributed by atoms with Crippen molar-refractivity contribution in [3.8, 4) is 0 Å². The third kappa shape index (κ3) is 9.94. The highest BCUT2D eigenvalue weighted by molar-refractivity contribution is 5.28. The highest BCUT2D eigenvalue weighted by Gasteiger charge is 2.33. The lowest BCUT2D eigenvalue weighted by Crippen LogP contribution is -2.22. The van der Waals surface area contributed by atoms with Gasteiger partial charge < -0.3 is 9.47 Å². The molecule has 0 rings (SSSR count). The number of hydrogen-bond acceptors (Lipinski definition) is 2. The number of alkyl halides is 2. The summed E-state index contributed by atoms with van der Waals surface area (Å²) < 4.78 is 72.7. The molecule has 0 aromatic carbocycles. The second-order valence-corrected chi connectivity index (χ2v) is 5.50. The van der Waals surface area contributed by atoms with E-state index in [1.54, 1.807) is 6.92 Å². The molecule has 25 heavy (non-hydrogen) atoms. The topological polar surface area (TPSA) is 18.5 Å². The Labute approximate surface area is 146 Å². The second-order valence-electron chi connectivity index (χ2n) is 5.50. The molecule has 0 radical (unpaired) electrons. The number of allylic oxidation sites excluding steroid dienone is 4. The van der Waals surface area contributed by atoms with Crippen LogP contribution in [0.5, 0.6) is 0 Å². The summed E-state index contributed by atoms with van der Waals surface area (Å²) in [5.74, 6) is -8.19. The molecule has 2 atom stereocenters. The van der Waals surface area contributed by atoms with Crippen LogP contribution in [0, 0.1) is 11.8 Å². The molecule has 2 nitrogen and oxygen atoms in total. The summed E-state index contributed by atoms with van der Waals surface area (Å²) >= 11 is 0. The molecular weight excluding hydrogens is 343 g/mol. The van der Waals surface area contributed by atoms with E-state index in [2.05, 4.69) is 22.6 Å². The van der Waals surface area contributed by atoms with Gasteiger partial charge in [0, 0.05) is 6.92 Å².